The predicted octanol–water partition coefficient (Wildman–Crippen LogP) is 3.42. The lowest BCUT2D eigenvalue weighted by Crippen LogP contribution is -1.84. The highest BCUT2D eigenvalue weighted by Crippen LogP contribution is 2.26. The first-order valence-electron chi connectivity index (χ1n) is 6.05. The molecule has 0 aliphatic heterocycles. The summed E-state index contributed by atoms with van der Waals surface area (Å²) in [5, 5.41) is 8.20. The van der Waals surface area contributed by atoms with Crippen molar-refractivity contribution in [3.8, 4) is 22.9 Å². The molecule has 0 fully saturated rings. The zero-order valence-corrected chi connectivity index (χ0v) is 10.8. The van der Waals surface area contributed by atoms with Gasteiger partial charge in [-0.05, 0) is 37.6 Å². The molecule has 0 saturated carbocycles. The summed E-state index contributed by atoms with van der Waals surface area (Å²) in [4.78, 5) is 3.97. The van der Waals surface area contributed by atoms with E-state index in [9.17, 15) is 0 Å². The number of rotatable bonds is 2. The van der Waals surface area contributed by atoms with Gasteiger partial charge in [-0.3, -0.25) is 4.98 Å². The summed E-state index contributed by atoms with van der Waals surface area (Å²) < 4.78 is 5.73. The molecular formula is C15H13N3O. The van der Waals surface area contributed by atoms with Gasteiger partial charge >= 0.3 is 0 Å². The van der Waals surface area contributed by atoms with Gasteiger partial charge in [-0.15, -0.1) is 10.2 Å². The van der Waals surface area contributed by atoms with Crippen LogP contribution in [0.4, 0.5) is 0 Å². The van der Waals surface area contributed by atoms with E-state index in [0.717, 1.165) is 16.7 Å². The Kier molecular flexibility index (Phi) is 2.83. The average Bonchev–Trinajstić information content (AvgIpc) is 2.89. The maximum atomic E-state index is 5.73. The topological polar surface area (TPSA) is 51.8 Å². The van der Waals surface area contributed by atoms with Crippen LogP contribution in [0.15, 0.2) is 47.1 Å². The first kappa shape index (κ1) is 11.6. The summed E-state index contributed by atoms with van der Waals surface area (Å²) in [6.45, 7) is 4.10. The summed E-state index contributed by atoms with van der Waals surface area (Å²) >= 11 is 0. The van der Waals surface area contributed by atoms with Crippen molar-refractivity contribution >= 4 is 0 Å². The molecule has 0 radical (unpaired) electrons. The molecule has 4 heteroatoms. The maximum absolute atomic E-state index is 5.73. The first-order valence-corrected chi connectivity index (χ1v) is 6.05. The molecule has 0 N–H and O–H groups in total. The van der Waals surface area contributed by atoms with Gasteiger partial charge in [0, 0.05) is 23.5 Å². The molecule has 19 heavy (non-hydrogen) atoms. The summed E-state index contributed by atoms with van der Waals surface area (Å²) in [6.07, 6.45) is 3.41. The van der Waals surface area contributed by atoms with Crippen molar-refractivity contribution in [2.75, 3.05) is 0 Å². The molecule has 3 rings (SSSR count). The Morgan fingerprint density at radius 1 is 0.895 bits per heavy atom. The Balaban J connectivity index is 2.02. The van der Waals surface area contributed by atoms with Crippen LogP contribution in [-0.2, 0) is 0 Å². The zero-order valence-electron chi connectivity index (χ0n) is 10.8. The fraction of sp³-hybridized carbons (Fsp3) is 0.133. The van der Waals surface area contributed by atoms with Crippen molar-refractivity contribution in [1.82, 2.24) is 15.2 Å². The Morgan fingerprint density at radius 2 is 1.63 bits per heavy atom. The standard InChI is InChI=1S/C15H13N3O/c1-10-3-4-13(11(2)9-10)15-18-17-14(19-15)12-5-7-16-8-6-12/h3-9H,1-2H3. The number of pyridine rings is 1. The van der Waals surface area contributed by atoms with E-state index in [2.05, 4.69) is 28.2 Å². The second-order valence-corrected chi connectivity index (χ2v) is 4.47. The minimum absolute atomic E-state index is 0.511. The van der Waals surface area contributed by atoms with Gasteiger partial charge in [0.1, 0.15) is 0 Å². The monoisotopic (exact) mass is 251 g/mol. The van der Waals surface area contributed by atoms with E-state index in [0.29, 0.717) is 11.8 Å². The third kappa shape index (κ3) is 2.25. The number of nitrogens with zero attached hydrogens (tertiary/aromatic N) is 3. The van der Waals surface area contributed by atoms with E-state index < -0.39 is 0 Å². The molecule has 0 amide bonds. The van der Waals surface area contributed by atoms with E-state index in [1.807, 2.05) is 31.2 Å². The Bertz CT molecular complexity index is 704. The third-order valence-corrected chi connectivity index (χ3v) is 2.96. The fourth-order valence-corrected chi connectivity index (χ4v) is 2.00. The Morgan fingerprint density at radius 3 is 2.37 bits per heavy atom. The number of hydrogen-bond donors (Lipinski definition) is 0. The van der Waals surface area contributed by atoms with Crippen molar-refractivity contribution in [3.05, 3.63) is 53.9 Å². The fourth-order valence-electron chi connectivity index (χ4n) is 2.00. The van der Waals surface area contributed by atoms with Gasteiger partial charge in [-0.2, -0.15) is 0 Å². The minimum atomic E-state index is 0.511. The van der Waals surface area contributed by atoms with Crippen LogP contribution in [0.25, 0.3) is 22.9 Å². The number of aromatic nitrogens is 3. The third-order valence-electron chi connectivity index (χ3n) is 2.96. The maximum Gasteiger partial charge on any atom is 0.248 e. The smallest absolute Gasteiger partial charge is 0.248 e. The van der Waals surface area contributed by atoms with Gasteiger partial charge in [0.15, 0.2) is 0 Å². The molecule has 2 heterocycles. The molecule has 0 unspecified atom stereocenters. The SMILES string of the molecule is Cc1ccc(-c2nnc(-c3ccncc3)o2)c(C)c1. The quantitative estimate of drug-likeness (QED) is 0.700. The highest BCUT2D eigenvalue weighted by molar-refractivity contribution is 5.61. The van der Waals surface area contributed by atoms with Crippen LogP contribution in [-0.4, -0.2) is 15.2 Å². The van der Waals surface area contributed by atoms with E-state index in [1.54, 1.807) is 12.4 Å². The van der Waals surface area contributed by atoms with Crippen LogP contribution >= 0.6 is 0 Å². The summed E-state index contributed by atoms with van der Waals surface area (Å²) in [7, 11) is 0. The highest BCUT2D eigenvalue weighted by Gasteiger charge is 2.12. The lowest BCUT2D eigenvalue weighted by molar-refractivity contribution is 0.584. The molecular weight excluding hydrogens is 238 g/mol. The normalized spacial score (nSPS) is 10.6. The molecule has 0 aliphatic carbocycles. The largest absolute Gasteiger partial charge is 0.416 e. The van der Waals surface area contributed by atoms with Crippen LogP contribution in [0.5, 0.6) is 0 Å². The highest BCUT2D eigenvalue weighted by atomic mass is 16.4. The molecule has 0 bridgehead atoms. The summed E-state index contributed by atoms with van der Waals surface area (Å²) in [6, 6.07) is 9.84. The predicted molar refractivity (Wildman–Crippen MR) is 72.4 cm³/mol. The molecule has 2 aromatic heterocycles. The number of aryl methyl sites for hydroxylation is 2. The van der Waals surface area contributed by atoms with E-state index in [4.69, 9.17) is 4.42 Å². The summed E-state index contributed by atoms with van der Waals surface area (Å²) in [5.74, 6) is 1.06. The summed E-state index contributed by atoms with van der Waals surface area (Å²) in [5.41, 5.74) is 4.19. The molecule has 0 atom stereocenters. The molecule has 4 nitrogen and oxygen atoms in total. The van der Waals surface area contributed by atoms with Gasteiger partial charge in [-0.1, -0.05) is 17.7 Å². The first-order chi connectivity index (χ1) is 9.24. The molecule has 3 aromatic rings. The van der Waals surface area contributed by atoms with Gasteiger partial charge in [0.2, 0.25) is 11.8 Å². The van der Waals surface area contributed by atoms with E-state index >= 15 is 0 Å². The molecule has 94 valence electrons. The van der Waals surface area contributed by atoms with Crippen LogP contribution in [0.2, 0.25) is 0 Å². The van der Waals surface area contributed by atoms with Crippen molar-refractivity contribution < 1.29 is 4.42 Å². The lowest BCUT2D eigenvalue weighted by Gasteiger charge is -2.01. The van der Waals surface area contributed by atoms with Crippen molar-refractivity contribution in [1.29, 1.82) is 0 Å². The van der Waals surface area contributed by atoms with Crippen LogP contribution < -0.4 is 0 Å². The van der Waals surface area contributed by atoms with Gasteiger partial charge in [0.05, 0.1) is 0 Å². The Labute approximate surface area is 111 Å². The second kappa shape index (κ2) is 4.65. The van der Waals surface area contributed by atoms with Crippen LogP contribution in [0.1, 0.15) is 11.1 Å². The van der Waals surface area contributed by atoms with E-state index in [-0.39, 0.29) is 0 Å². The van der Waals surface area contributed by atoms with Gasteiger partial charge < -0.3 is 4.42 Å². The zero-order chi connectivity index (χ0) is 13.2. The number of hydrogen-bond acceptors (Lipinski definition) is 4. The molecule has 0 aliphatic rings. The minimum Gasteiger partial charge on any atom is -0.416 e. The van der Waals surface area contributed by atoms with Crippen LogP contribution in [0.3, 0.4) is 0 Å². The van der Waals surface area contributed by atoms with Gasteiger partial charge in [-0.25, -0.2) is 0 Å². The van der Waals surface area contributed by atoms with Crippen LogP contribution in [0, 0.1) is 13.8 Å². The second-order valence-electron chi connectivity index (χ2n) is 4.47. The molecule has 1 aromatic carbocycles. The van der Waals surface area contributed by atoms with Gasteiger partial charge in [0.25, 0.3) is 0 Å². The van der Waals surface area contributed by atoms with Crippen molar-refractivity contribution in [2.24, 2.45) is 0 Å². The average molecular weight is 251 g/mol. The lowest BCUT2D eigenvalue weighted by atomic mass is 10.1. The van der Waals surface area contributed by atoms with Crippen molar-refractivity contribution in [2.45, 2.75) is 13.8 Å². The molecule has 0 spiro atoms. The Hall–Kier alpha value is -2.49. The number of benzene rings is 1. The molecule has 0 saturated heterocycles. The van der Waals surface area contributed by atoms with Crippen molar-refractivity contribution in [3.63, 3.8) is 0 Å². The van der Waals surface area contributed by atoms with E-state index in [1.165, 1.54) is 5.56 Å².